The highest BCUT2D eigenvalue weighted by atomic mass is 16.5. The van der Waals surface area contributed by atoms with Crippen molar-refractivity contribution >= 4 is 17.7 Å². The van der Waals surface area contributed by atoms with Gasteiger partial charge in [0, 0.05) is 19.6 Å². The van der Waals surface area contributed by atoms with Gasteiger partial charge in [-0.1, -0.05) is 23.8 Å². The molecule has 1 fully saturated rings. The lowest BCUT2D eigenvalue weighted by molar-refractivity contribution is -0.138. The molecular weight excluding hydrogens is 384 g/mol. The quantitative estimate of drug-likeness (QED) is 0.514. The first kappa shape index (κ1) is 23.4. The molecule has 1 saturated heterocycles. The normalized spacial score (nSPS) is 17.3. The van der Waals surface area contributed by atoms with Gasteiger partial charge in [-0.15, -0.1) is 0 Å². The predicted octanol–water partition coefficient (Wildman–Crippen LogP) is 0.756. The summed E-state index contributed by atoms with van der Waals surface area (Å²) in [5, 5.41) is 5.61. The summed E-state index contributed by atoms with van der Waals surface area (Å²) in [5.74, 6) is 0.0713. The van der Waals surface area contributed by atoms with E-state index in [9.17, 15) is 14.4 Å². The highest BCUT2D eigenvalue weighted by Gasteiger charge is 2.29. The molecule has 1 aromatic rings. The monoisotopic (exact) mass is 416 g/mol. The van der Waals surface area contributed by atoms with E-state index in [1.54, 1.807) is 19.2 Å². The van der Waals surface area contributed by atoms with E-state index >= 15 is 0 Å². The molecule has 1 heterocycles. The van der Waals surface area contributed by atoms with Crippen LogP contribution in [0.15, 0.2) is 35.9 Å². The summed E-state index contributed by atoms with van der Waals surface area (Å²) in [4.78, 5) is 39.0. The van der Waals surface area contributed by atoms with Crippen molar-refractivity contribution in [2.24, 2.45) is 5.73 Å². The fourth-order valence-corrected chi connectivity index (χ4v) is 3.22. The maximum absolute atomic E-state index is 12.9. The lowest BCUT2D eigenvalue weighted by atomic mass is 10.1. The van der Waals surface area contributed by atoms with Crippen molar-refractivity contribution < 1.29 is 19.1 Å². The molecule has 0 saturated carbocycles. The van der Waals surface area contributed by atoms with Crippen LogP contribution in [0.4, 0.5) is 0 Å². The van der Waals surface area contributed by atoms with Gasteiger partial charge in [0.25, 0.3) is 0 Å². The number of nitrogens with zero attached hydrogens (tertiary/aromatic N) is 1. The van der Waals surface area contributed by atoms with Gasteiger partial charge in [-0.05, 0) is 43.9 Å². The molecule has 1 aromatic carbocycles. The van der Waals surface area contributed by atoms with E-state index in [1.807, 2.05) is 25.1 Å². The minimum Gasteiger partial charge on any atom is -0.497 e. The first-order chi connectivity index (χ1) is 14.4. The molecule has 3 amide bonds. The molecule has 164 valence electrons. The second-order valence-electron chi connectivity index (χ2n) is 7.46. The van der Waals surface area contributed by atoms with Gasteiger partial charge in [0.05, 0.1) is 20.1 Å². The number of carbonyl (C=O) groups is 3. The van der Waals surface area contributed by atoms with Crippen molar-refractivity contribution in [1.82, 2.24) is 15.5 Å². The van der Waals surface area contributed by atoms with Crippen LogP contribution in [-0.2, 0) is 20.8 Å². The number of likely N-dealkylation sites (tertiary alicyclic amines) is 1. The van der Waals surface area contributed by atoms with Gasteiger partial charge in [0.15, 0.2) is 0 Å². The summed E-state index contributed by atoms with van der Waals surface area (Å²) in [6.45, 7) is 3.21. The molecule has 30 heavy (non-hydrogen) atoms. The number of amides is 3. The van der Waals surface area contributed by atoms with Crippen molar-refractivity contribution in [3.63, 3.8) is 0 Å². The zero-order valence-electron chi connectivity index (χ0n) is 17.8. The number of ether oxygens (including phenoxy) is 1. The molecule has 0 aromatic heterocycles. The maximum Gasteiger partial charge on any atom is 0.245 e. The Morgan fingerprint density at radius 3 is 2.63 bits per heavy atom. The fraction of sp³-hybridized carbons (Fsp3) is 0.500. The van der Waals surface area contributed by atoms with E-state index in [2.05, 4.69) is 10.6 Å². The van der Waals surface area contributed by atoms with E-state index in [0.717, 1.165) is 29.7 Å². The molecule has 0 radical (unpaired) electrons. The summed E-state index contributed by atoms with van der Waals surface area (Å²) in [5.41, 5.74) is 7.34. The summed E-state index contributed by atoms with van der Waals surface area (Å²) in [6, 6.07) is 6.63. The average molecular weight is 417 g/mol. The lowest BCUT2D eigenvalue weighted by Crippen LogP contribution is -2.50. The minimum absolute atomic E-state index is 0.0147. The Bertz CT molecular complexity index is 761. The Labute approximate surface area is 177 Å². The van der Waals surface area contributed by atoms with E-state index < -0.39 is 6.04 Å². The molecule has 1 aliphatic heterocycles. The van der Waals surface area contributed by atoms with Crippen molar-refractivity contribution in [1.29, 1.82) is 0 Å². The minimum atomic E-state index is -0.606. The SMILES string of the molecule is COc1ccc(CC(=O)NC2CCCCN(CC(=O)NC/C=C(\C)CN)C2=O)cc1. The largest absolute Gasteiger partial charge is 0.497 e. The number of nitrogens with one attached hydrogen (secondary N) is 2. The van der Waals surface area contributed by atoms with Gasteiger partial charge in [0.2, 0.25) is 17.7 Å². The second kappa shape index (κ2) is 12.0. The Balaban J connectivity index is 1.88. The summed E-state index contributed by atoms with van der Waals surface area (Å²) in [7, 11) is 1.59. The highest BCUT2D eigenvalue weighted by Crippen LogP contribution is 2.14. The van der Waals surface area contributed by atoms with Crippen molar-refractivity contribution in [3.05, 3.63) is 41.5 Å². The van der Waals surface area contributed by atoms with Crippen molar-refractivity contribution in [2.75, 3.05) is 33.3 Å². The Hall–Kier alpha value is -2.87. The Morgan fingerprint density at radius 1 is 1.23 bits per heavy atom. The van der Waals surface area contributed by atoms with Crippen LogP contribution < -0.4 is 21.1 Å². The summed E-state index contributed by atoms with van der Waals surface area (Å²) >= 11 is 0. The molecule has 0 aliphatic carbocycles. The van der Waals surface area contributed by atoms with Crippen LogP contribution >= 0.6 is 0 Å². The van der Waals surface area contributed by atoms with Crippen LogP contribution in [-0.4, -0.2) is 62.0 Å². The third-order valence-corrected chi connectivity index (χ3v) is 5.05. The summed E-state index contributed by atoms with van der Waals surface area (Å²) in [6.07, 6.45) is 4.22. The van der Waals surface area contributed by atoms with Crippen LogP contribution in [0.3, 0.4) is 0 Å². The Kier molecular flexibility index (Phi) is 9.34. The van der Waals surface area contributed by atoms with Crippen LogP contribution in [0.2, 0.25) is 0 Å². The molecule has 1 aliphatic rings. The predicted molar refractivity (Wildman–Crippen MR) is 115 cm³/mol. The van der Waals surface area contributed by atoms with Gasteiger partial charge in [0.1, 0.15) is 11.8 Å². The zero-order valence-corrected chi connectivity index (χ0v) is 17.8. The van der Waals surface area contributed by atoms with Crippen LogP contribution in [0.5, 0.6) is 5.75 Å². The van der Waals surface area contributed by atoms with E-state index in [-0.39, 0.29) is 30.7 Å². The molecule has 8 nitrogen and oxygen atoms in total. The first-order valence-electron chi connectivity index (χ1n) is 10.3. The fourth-order valence-electron chi connectivity index (χ4n) is 3.22. The first-order valence-corrected chi connectivity index (χ1v) is 10.3. The number of rotatable bonds is 9. The van der Waals surface area contributed by atoms with Crippen molar-refractivity contribution in [2.45, 2.75) is 38.6 Å². The number of carbonyl (C=O) groups excluding carboxylic acids is 3. The highest BCUT2D eigenvalue weighted by molar-refractivity contribution is 5.91. The third kappa shape index (κ3) is 7.51. The van der Waals surface area contributed by atoms with E-state index in [0.29, 0.717) is 26.1 Å². The number of benzene rings is 1. The van der Waals surface area contributed by atoms with Gasteiger partial charge < -0.3 is 26.0 Å². The van der Waals surface area contributed by atoms with E-state index in [4.69, 9.17) is 10.5 Å². The number of methoxy groups -OCH3 is 1. The summed E-state index contributed by atoms with van der Waals surface area (Å²) < 4.78 is 5.12. The standard InChI is InChI=1S/C22H32N4O4/c1-16(14-23)10-11-24-21(28)15-26-12-4-3-5-19(22(26)29)25-20(27)13-17-6-8-18(30-2)9-7-17/h6-10,19H,3-5,11-15,23H2,1-2H3,(H,24,28)(H,25,27)/b16-10+. The number of hydrogen-bond donors (Lipinski definition) is 3. The molecule has 2 rings (SSSR count). The molecule has 1 atom stereocenters. The van der Waals surface area contributed by atoms with Crippen LogP contribution in [0.25, 0.3) is 0 Å². The second-order valence-corrected chi connectivity index (χ2v) is 7.46. The molecule has 0 bridgehead atoms. The average Bonchev–Trinajstić information content (AvgIpc) is 2.90. The molecule has 4 N–H and O–H groups in total. The Morgan fingerprint density at radius 2 is 1.97 bits per heavy atom. The van der Waals surface area contributed by atoms with E-state index in [1.165, 1.54) is 4.90 Å². The molecular formula is C22H32N4O4. The van der Waals surface area contributed by atoms with Gasteiger partial charge in [-0.2, -0.15) is 0 Å². The van der Waals surface area contributed by atoms with Gasteiger partial charge in [-0.3, -0.25) is 14.4 Å². The smallest absolute Gasteiger partial charge is 0.245 e. The number of hydrogen-bond acceptors (Lipinski definition) is 5. The van der Waals surface area contributed by atoms with Gasteiger partial charge >= 0.3 is 0 Å². The maximum atomic E-state index is 12.9. The van der Waals surface area contributed by atoms with Crippen LogP contribution in [0.1, 0.15) is 31.7 Å². The zero-order chi connectivity index (χ0) is 21.9. The third-order valence-electron chi connectivity index (χ3n) is 5.05. The lowest BCUT2D eigenvalue weighted by Gasteiger charge is -2.24. The molecule has 1 unspecified atom stereocenters. The van der Waals surface area contributed by atoms with Crippen LogP contribution in [0, 0.1) is 0 Å². The van der Waals surface area contributed by atoms with Gasteiger partial charge in [-0.25, -0.2) is 0 Å². The molecule has 8 heteroatoms. The molecule has 0 spiro atoms. The van der Waals surface area contributed by atoms with Crippen molar-refractivity contribution in [3.8, 4) is 5.75 Å². The topological polar surface area (TPSA) is 114 Å². The number of nitrogens with two attached hydrogens (primary N) is 1.